The predicted octanol–water partition coefficient (Wildman–Crippen LogP) is 2.68. The molecule has 1 aromatic carbocycles. The van der Waals surface area contributed by atoms with E-state index in [-0.39, 0.29) is 30.7 Å². The third-order valence-electron chi connectivity index (χ3n) is 5.56. The summed E-state index contributed by atoms with van der Waals surface area (Å²) in [5.41, 5.74) is 1.04. The predicted molar refractivity (Wildman–Crippen MR) is 114 cm³/mol. The molecule has 1 aromatic heterocycles. The lowest BCUT2D eigenvalue weighted by Crippen LogP contribution is -2.54. The average molecular weight is 427 g/mol. The number of benzene rings is 1. The minimum absolute atomic E-state index is 0. The molecule has 1 amide bonds. The van der Waals surface area contributed by atoms with Crippen molar-refractivity contribution in [3.8, 4) is 11.3 Å². The Kier molecular flexibility index (Phi) is 8.31. The van der Waals surface area contributed by atoms with Gasteiger partial charge in [-0.2, -0.15) is 0 Å². The summed E-state index contributed by atoms with van der Waals surface area (Å²) in [5.74, 6) is 2.47. The molecule has 154 valence electrons. The smallest absolute Gasteiger partial charge is 0.225 e. The van der Waals surface area contributed by atoms with Crippen LogP contribution in [0.25, 0.3) is 11.3 Å². The molecule has 4 rings (SSSR count). The molecular weight excluding hydrogens is 399 g/mol. The summed E-state index contributed by atoms with van der Waals surface area (Å²) in [6, 6.07) is 10.0. The average Bonchev–Trinajstić information content (AvgIpc) is 3.09. The first-order chi connectivity index (χ1) is 12.7. The molecule has 2 saturated heterocycles. The fraction of sp³-hybridized carbons (Fsp3) is 0.500. The van der Waals surface area contributed by atoms with Crippen LogP contribution < -0.4 is 5.32 Å². The maximum Gasteiger partial charge on any atom is 0.225 e. The zero-order chi connectivity index (χ0) is 17.9. The Morgan fingerprint density at radius 3 is 2.46 bits per heavy atom. The highest BCUT2D eigenvalue weighted by molar-refractivity contribution is 5.85. The van der Waals surface area contributed by atoms with E-state index in [1.54, 1.807) is 6.20 Å². The van der Waals surface area contributed by atoms with Crippen molar-refractivity contribution in [1.29, 1.82) is 0 Å². The maximum atomic E-state index is 12.6. The van der Waals surface area contributed by atoms with Gasteiger partial charge in [-0.15, -0.1) is 24.8 Å². The van der Waals surface area contributed by atoms with Crippen molar-refractivity contribution in [2.24, 2.45) is 11.8 Å². The van der Waals surface area contributed by atoms with Gasteiger partial charge in [-0.3, -0.25) is 9.69 Å². The molecule has 2 aliphatic rings. The monoisotopic (exact) mass is 426 g/mol. The van der Waals surface area contributed by atoms with E-state index in [2.05, 4.69) is 22.1 Å². The topological polar surface area (TPSA) is 61.6 Å². The van der Waals surface area contributed by atoms with Crippen LogP contribution >= 0.6 is 24.8 Å². The van der Waals surface area contributed by atoms with Gasteiger partial charge in [-0.1, -0.05) is 37.3 Å². The van der Waals surface area contributed by atoms with Crippen molar-refractivity contribution in [2.45, 2.75) is 13.5 Å². The van der Waals surface area contributed by atoms with Gasteiger partial charge in [-0.25, -0.2) is 4.98 Å². The largest absolute Gasteiger partial charge is 0.439 e. The lowest BCUT2D eigenvalue weighted by molar-refractivity contribution is -0.139. The quantitative estimate of drug-likeness (QED) is 0.795. The molecule has 0 radical (unpaired) electrons. The van der Waals surface area contributed by atoms with Gasteiger partial charge in [0.2, 0.25) is 11.8 Å². The van der Waals surface area contributed by atoms with Crippen LogP contribution in [0.5, 0.6) is 0 Å². The number of hydrogen-bond donors (Lipinski definition) is 1. The number of rotatable bonds is 5. The van der Waals surface area contributed by atoms with Gasteiger partial charge in [0.1, 0.15) is 0 Å². The van der Waals surface area contributed by atoms with Crippen molar-refractivity contribution in [2.75, 3.05) is 39.3 Å². The van der Waals surface area contributed by atoms with E-state index in [0.29, 0.717) is 18.4 Å². The number of amides is 1. The molecule has 0 saturated carbocycles. The number of oxazole rings is 1. The molecule has 0 spiro atoms. The van der Waals surface area contributed by atoms with E-state index in [0.717, 1.165) is 56.5 Å². The maximum absolute atomic E-state index is 12.6. The van der Waals surface area contributed by atoms with Crippen molar-refractivity contribution in [3.05, 3.63) is 42.4 Å². The number of carbonyl (C=O) groups excluding carboxylic acids is 1. The number of carbonyl (C=O) groups is 1. The van der Waals surface area contributed by atoms with E-state index < -0.39 is 0 Å². The molecule has 1 N–H and O–H groups in total. The fourth-order valence-electron chi connectivity index (χ4n) is 3.59. The van der Waals surface area contributed by atoms with Crippen LogP contribution in [0.15, 0.2) is 40.9 Å². The van der Waals surface area contributed by atoms with Gasteiger partial charge >= 0.3 is 0 Å². The zero-order valence-electron chi connectivity index (χ0n) is 16.0. The summed E-state index contributed by atoms with van der Waals surface area (Å²) in [6.45, 7) is 8.01. The van der Waals surface area contributed by atoms with Crippen LogP contribution in [-0.2, 0) is 11.3 Å². The summed E-state index contributed by atoms with van der Waals surface area (Å²) in [7, 11) is 0. The van der Waals surface area contributed by atoms with Crippen LogP contribution in [0.3, 0.4) is 0 Å². The Morgan fingerprint density at radius 1 is 1.18 bits per heavy atom. The first-order valence-corrected chi connectivity index (χ1v) is 9.42. The lowest BCUT2D eigenvalue weighted by Gasteiger charge is -2.38. The Bertz CT molecular complexity index is 744. The summed E-state index contributed by atoms with van der Waals surface area (Å²) in [6.07, 6.45) is 1.79. The van der Waals surface area contributed by atoms with E-state index in [9.17, 15) is 4.79 Å². The Balaban J connectivity index is 0.00000140. The number of aromatic nitrogens is 1. The molecule has 28 heavy (non-hydrogen) atoms. The van der Waals surface area contributed by atoms with Gasteiger partial charge in [-0.05, 0) is 19.0 Å². The normalized spacial score (nSPS) is 18.5. The fourth-order valence-corrected chi connectivity index (χ4v) is 3.59. The zero-order valence-corrected chi connectivity index (χ0v) is 17.7. The highest BCUT2D eigenvalue weighted by Gasteiger charge is 2.32. The van der Waals surface area contributed by atoms with E-state index in [1.807, 2.05) is 35.2 Å². The van der Waals surface area contributed by atoms with Gasteiger partial charge in [0.25, 0.3) is 0 Å². The third-order valence-corrected chi connectivity index (χ3v) is 5.56. The molecule has 1 unspecified atom stereocenters. The van der Waals surface area contributed by atoms with Crippen LogP contribution in [0.4, 0.5) is 0 Å². The Hall–Kier alpha value is -1.60. The molecule has 0 bridgehead atoms. The second-order valence-corrected chi connectivity index (χ2v) is 7.29. The number of halogens is 2. The molecule has 8 heteroatoms. The molecule has 0 aliphatic carbocycles. The van der Waals surface area contributed by atoms with E-state index in [1.165, 1.54) is 0 Å². The van der Waals surface area contributed by atoms with Crippen molar-refractivity contribution < 1.29 is 9.21 Å². The summed E-state index contributed by atoms with van der Waals surface area (Å²) in [5, 5.41) is 3.25. The molecule has 2 aliphatic heterocycles. The standard InChI is InChI=1S/C20H26N4O2.2ClH/c1-15(17-11-21-12-17)20(25)24-9-7-23(8-10-24)14-19-22-13-18(26-19)16-5-3-2-4-6-16;;/h2-6,13,15,17,21H,7-12,14H2,1H3;2*1H. The van der Waals surface area contributed by atoms with Gasteiger partial charge in [0.05, 0.1) is 12.7 Å². The highest BCUT2D eigenvalue weighted by atomic mass is 35.5. The second kappa shape index (κ2) is 10.3. The minimum atomic E-state index is 0. The van der Waals surface area contributed by atoms with Gasteiger partial charge in [0, 0.05) is 37.7 Å². The first kappa shape index (κ1) is 22.7. The highest BCUT2D eigenvalue weighted by Crippen LogP contribution is 2.22. The summed E-state index contributed by atoms with van der Waals surface area (Å²) in [4.78, 5) is 21.3. The van der Waals surface area contributed by atoms with Crippen LogP contribution in [0.1, 0.15) is 12.8 Å². The van der Waals surface area contributed by atoms with Crippen molar-refractivity contribution in [1.82, 2.24) is 20.1 Å². The second-order valence-electron chi connectivity index (χ2n) is 7.29. The van der Waals surface area contributed by atoms with E-state index >= 15 is 0 Å². The van der Waals surface area contributed by atoms with Gasteiger partial charge < -0.3 is 14.6 Å². The molecular formula is C20H28Cl2N4O2. The van der Waals surface area contributed by atoms with Crippen molar-refractivity contribution in [3.63, 3.8) is 0 Å². The number of nitrogens with zero attached hydrogens (tertiary/aromatic N) is 3. The van der Waals surface area contributed by atoms with Crippen molar-refractivity contribution >= 4 is 30.7 Å². The number of nitrogens with one attached hydrogen (secondary N) is 1. The van der Waals surface area contributed by atoms with Crippen LogP contribution in [-0.4, -0.2) is 60.0 Å². The first-order valence-electron chi connectivity index (χ1n) is 9.42. The minimum Gasteiger partial charge on any atom is -0.439 e. The molecule has 3 heterocycles. The SMILES string of the molecule is CC(C(=O)N1CCN(Cc2ncc(-c3ccccc3)o2)CC1)C1CNC1.Cl.Cl. The Morgan fingerprint density at radius 2 is 1.86 bits per heavy atom. The molecule has 6 nitrogen and oxygen atoms in total. The van der Waals surface area contributed by atoms with Gasteiger partial charge in [0.15, 0.2) is 5.76 Å². The Labute approximate surface area is 178 Å². The molecule has 2 fully saturated rings. The third kappa shape index (κ3) is 5.06. The molecule has 2 aromatic rings. The number of piperazine rings is 1. The summed E-state index contributed by atoms with van der Waals surface area (Å²) < 4.78 is 5.90. The number of hydrogen-bond acceptors (Lipinski definition) is 5. The van der Waals surface area contributed by atoms with Crippen LogP contribution in [0, 0.1) is 11.8 Å². The lowest BCUT2D eigenvalue weighted by atomic mass is 9.88. The molecule has 1 atom stereocenters. The van der Waals surface area contributed by atoms with Crippen LogP contribution in [0.2, 0.25) is 0 Å². The van der Waals surface area contributed by atoms with E-state index in [4.69, 9.17) is 4.42 Å². The summed E-state index contributed by atoms with van der Waals surface area (Å²) >= 11 is 0.